The molecule has 0 N–H and O–H groups in total. The van der Waals surface area contributed by atoms with Crippen LogP contribution >= 0.6 is 11.3 Å². The summed E-state index contributed by atoms with van der Waals surface area (Å²) in [6.07, 6.45) is 1.64. The number of fused-ring (bicyclic) bond motifs is 1. The molecule has 0 fully saturated rings. The number of halogens is 1. The van der Waals surface area contributed by atoms with Crippen LogP contribution in [0.15, 0.2) is 46.8 Å². The maximum atomic E-state index is 13.0. The molecule has 0 saturated heterocycles. The summed E-state index contributed by atoms with van der Waals surface area (Å²) in [4.78, 5) is 31.3. The molecule has 0 aliphatic rings. The van der Waals surface area contributed by atoms with Gasteiger partial charge >= 0.3 is 0 Å². The molecule has 1 aromatic carbocycles. The van der Waals surface area contributed by atoms with Gasteiger partial charge in [0.1, 0.15) is 10.6 Å². The van der Waals surface area contributed by atoms with Crippen LogP contribution in [0.25, 0.3) is 10.2 Å². The van der Waals surface area contributed by atoms with Crippen LogP contribution in [0, 0.1) is 5.82 Å². The molecule has 3 aromatic rings. The molecule has 0 spiro atoms. The standard InChI is InChI=1S/C17H16FN3O2S/c1-2-21(13-5-3-12(18)4-6-13)15(22)7-9-20-11-19-16-14(17(20)23)8-10-24-16/h3-6,8,10-11H,2,7,9H2,1H3. The zero-order chi connectivity index (χ0) is 17.1. The van der Waals surface area contributed by atoms with E-state index < -0.39 is 0 Å². The Morgan fingerprint density at radius 1 is 1.29 bits per heavy atom. The van der Waals surface area contributed by atoms with Gasteiger partial charge in [-0.25, -0.2) is 9.37 Å². The molecule has 0 aliphatic heterocycles. The number of nitrogens with zero attached hydrogens (tertiary/aromatic N) is 3. The van der Waals surface area contributed by atoms with Crippen LogP contribution in [0.1, 0.15) is 13.3 Å². The van der Waals surface area contributed by atoms with Gasteiger partial charge in [0.15, 0.2) is 0 Å². The zero-order valence-electron chi connectivity index (χ0n) is 13.1. The number of hydrogen-bond donors (Lipinski definition) is 0. The quantitative estimate of drug-likeness (QED) is 0.714. The molecule has 5 nitrogen and oxygen atoms in total. The second-order valence-corrected chi connectivity index (χ2v) is 6.14. The highest BCUT2D eigenvalue weighted by atomic mass is 32.1. The lowest BCUT2D eigenvalue weighted by Crippen LogP contribution is -2.32. The smallest absolute Gasteiger partial charge is 0.262 e. The van der Waals surface area contributed by atoms with Gasteiger partial charge < -0.3 is 4.90 Å². The van der Waals surface area contributed by atoms with Gasteiger partial charge in [-0.15, -0.1) is 11.3 Å². The van der Waals surface area contributed by atoms with Crippen LogP contribution in [0.4, 0.5) is 10.1 Å². The van der Waals surface area contributed by atoms with E-state index in [-0.39, 0.29) is 30.2 Å². The van der Waals surface area contributed by atoms with Gasteiger partial charge in [0.25, 0.3) is 5.56 Å². The third kappa shape index (κ3) is 3.21. The molecule has 0 bridgehead atoms. The van der Waals surface area contributed by atoms with Crippen molar-refractivity contribution in [2.75, 3.05) is 11.4 Å². The third-order valence-corrected chi connectivity index (χ3v) is 4.59. The number of amides is 1. The lowest BCUT2D eigenvalue weighted by molar-refractivity contribution is -0.118. The second kappa shape index (κ2) is 6.92. The molecule has 1 amide bonds. The minimum absolute atomic E-state index is 0.124. The summed E-state index contributed by atoms with van der Waals surface area (Å²) in [6.45, 7) is 2.59. The first-order chi connectivity index (χ1) is 11.6. The molecule has 7 heteroatoms. The number of hydrogen-bond acceptors (Lipinski definition) is 4. The Hall–Kier alpha value is -2.54. The Balaban J connectivity index is 1.74. The number of benzene rings is 1. The molecule has 0 saturated carbocycles. The van der Waals surface area contributed by atoms with Crippen LogP contribution in [0.5, 0.6) is 0 Å². The molecular formula is C17H16FN3O2S. The Bertz CT molecular complexity index is 917. The number of anilines is 1. The average molecular weight is 345 g/mol. The van der Waals surface area contributed by atoms with Crippen molar-refractivity contribution in [2.24, 2.45) is 0 Å². The van der Waals surface area contributed by atoms with E-state index in [0.29, 0.717) is 22.4 Å². The Labute approximate surface area is 142 Å². The van der Waals surface area contributed by atoms with E-state index in [9.17, 15) is 14.0 Å². The predicted molar refractivity (Wildman–Crippen MR) is 92.9 cm³/mol. The summed E-state index contributed by atoms with van der Waals surface area (Å²) in [5, 5.41) is 2.39. The number of carbonyl (C=O) groups is 1. The maximum Gasteiger partial charge on any atom is 0.262 e. The zero-order valence-corrected chi connectivity index (χ0v) is 13.9. The summed E-state index contributed by atoms with van der Waals surface area (Å²) >= 11 is 1.41. The molecule has 0 unspecified atom stereocenters. The fourth-order valence-corrected chi connectivity index (χ4v) is 3.25. The minimum Gasteiger partial charge on any atom is -0.313 e. The number of aryl methyl sites for hydroxylation is 1. The maximum absolute atomic E-state index is 13.0. The van der Waals surface area contributed by atoms with E-state index in [4.69, 9.17) is 0 Å². The summed E-state index contributed by atoms with van der Waals surface area (Å²) in [5.74, 6) is -0.467. The highest BCUT2D eigenvalue weighted by Gasteiger charge is 2.14. The highest BCUT2D eigenvalue weighted by molar-refractivity contribution is 7.16. The van der Waals surface area contributed by atoms with E-state index in [1.54, 1.807) is 23.1 Å². The SMILES string of the molecule is CCN(C(=O)CCn1cnc2sccc2c1=O)c1ccc(F)cc1. The minimum atomic E-state index is -0.344. The largest absolute Gasteiger partial charge is 0.313 e. The summed E-state index contributed by atoms with van der Waals surface area (Å²) in [7, 11) is 0. The fourth-order valence-electron chi connectivity index (χ4n) is 2.53. The molecule has 24 heavy (non-hydrogen) atoms. The Morgan fingerprint density at radius 2 is 2.04 bits per heavy atom. The van der Waals surface area contributed by atoms with Gasteiger partial charge in [0.2, 0.25) is 5.91 Å². The van der Waals surface area contributed by atoms with Crippen molar-refractivity contribution in [1.82, 2.24) is 9.55 Å². The van der Waals surface area contributed by atoms with Crippen LogP contribution < -0.4 is 10.5 Å². The van der Waals surface area contributed by atoms with Gasteiger partial charge in [-0.1, -0.05) is 0 Å². The molecule has 0 aliphatic carbocycles. The molecule has 2 heterocycles. The first-order valence-electron chi connectivity index (χ1n) is 7.58. The van der Waals surface area contributed by atoms with Crippen LogP contribution in [0.2, 0.25) is 0 Å². The molecular weight excluding hydrogens is 329 g/mol. The third-order valence-electron chi connectivity index (χ3n) is 3.77. The molecule has 0 atom stereocenters. The predicted octanol–water partition coefficient (Wildman–Crippen LogP) is 3.04. The van der Waals surface area contributed by atoms with Gasteiger partial charge in [-0.3, -0.25) is 14.2 Å². The first-order valence-corrected chi connectivity index (χ1v) is 8.46. The summed E-state index contributed by atoms with van der Waals surface area (Å²) in [6, 6.07) is 7.53. The van der Waals surface area contributed by atoms with Crippen molar-refractivity contribution in [3.63, 3.8) is 0 Å². The molecule has 2 aromatic heterocycles. The lowest BCUT2D eigenvalue weighted by Gasteiger charge is -2.21. The molecule has 3 rings (SSSR count). The van der Waals surface area contributed by atoms with Crippen molar-refractivity contribution in [2.45, 2.75) is 19.9 Å². The topological polar surface area (TPSA) is 55.2 Å². The van der Waals surface area contributed by atoms with Crippen molar-refractivity contribution in [3.05, 3.63) is 58.2 Å². The average Bonchev–Trinajstić information content (AvgIpc) is 3.06. The monoisotopic (exact) mass is 345 g/mol. The van der Waals surface area contributed by atoms with Crippen LogP contribution in [0.3, 0.4) is 0 Å². The van der Waals surface area contributed by atoms with Gasteiger partial charge in [-0.2, -0.15) is 0 Å². The normalized spacial score (nSPS) is 10.9. The Kier molecular flexibility index (Phi) is 4.71. The molecule has 0 radical (unpaired) electrons. The van der Waals surface area contributed by atoms with Gasteiger partial charge in [0.05, 0.1) is 11.7 Å². The van der Waals surface area contributed by atoms with E-state index in [0.717, 1.165) is 0 Å². The first kappa shape index (κ1) is 16.3. The number of carbonyl (C=O) groups excluding carboxylic acids is 1. The van der Waals surface area contributed by atoms with Crippen LogP contribution in [-0.4, -0.2) is 22.0 Å². The van der Waals surface area contributed by atoms with E-state index in [1.165, 1.54) is 34.4 Å². The Morgan fingerprint density at radius 3 is 2.75 bits per heavy atom. The van der Waals surface area contributed by atoms with E-state index >= 15 is 0 Å². The number of rotatable bonds is 5. The van der Waals surface area contributed by atoms with Gasteiger partial charge in [-0.05, 0) is 42.6 Å². The summed E-state index contributed by atoms with van der Waals surface area (Å²) in [5.41, 5.74) is 0.501. The highest BCUT2D eigenvalue weighted by Crippen LogP contribution is 2.16. The van der Waals surface area contributed by atoms with Gasteiger partial charge in [0, 0.05) is 25.2 Å². The molecule has 124 valence electrons. The lowest BCUT2D eigenvalue weighted by atomic mass is 10.2. The van der Waals surface area contributed by atoms with Crippen molar-refractivity contribution < 1.29 is 9.18 Å². The fraction of sp³-hybridized carbons (Fsp3) is 0.235. The van der Waals surface area contributed by atoms with E-state index in [2.05, 4.69) is 4.98 Å². The summed E-state index contributed by atoms with van der Waals surface area (Å²) < 4.78 is 14.5. The van der Waals surface area contributed by atoms with Crippen molar-refractivity contribution in [3.8, 4) is 0 Å². The number of aromatic nitrogens is 2. The van der Waals surface area contributed by atoms with Crippen molar-refractivity contribution in [1.29, 1.82) is 0 Å². The van der Waals surface area contributed by atoms with Crippen molar-refractivity contribution >= 4 is 33.1 Å². The van der Waals surface area contributed by atoms with Crippen LogP contribution in [-0.2, 0) is 11.3 Å². The number of thiophene rings is 1. The second-order valence-electron chi connectivity index (χ2n) is 5.25. The van der Waals surface area contributed by atoms with E-state index in [1.807, 2.05) is 12.3 Å².